The molecule has 0 aliphatic heterocycles. The fourth-order valence-electron chi connectivity index (χ4n) is 2.53. The van der Waals surface area contributed by atoms with Crippen molar-refractivity contribution in [3.05, 3.63) is 76.7 Å². The molecule has 9 heteroatoms. The van der Waals surface area contributed by atoms with Crippen molar-refractivity contribution in [1.82, 2.24) is 4.98 Å². The minimum Gasteiger partial charge on any atom is -0.497 e. The number of benzene rings is 2. The summed E-state index contributed by atoms with van der Waals surface area (Å²) in [4.78, 5) is 3.93. The molecule has 0 aliphatic carbocycles. The Bertz CT molecular complexity index is 1020. The van der Waals surface area contributed by atoms with Gasteiger partial charge in [-0.25, -0.2) is 13.8 Å². The van der Waals surface area contributed by atoms with Gasteiger partial charge in [-0.05, 0) is 42.3 Å². The van der Waals surface area contributed by atoms with Gasteiger partial charge in [-0.3, -0.25) is 4.31 Å². The van der Waals surface area contributed by atoms with Crippen LogP contribution in [0.15, 0.2) is 53.4 Å². The molecule has 2 aromatic carbocycles. The second kappa shape index (κ2) is 9.28. The van der Waals surface area contributed by atoms with Gasteiger partial charge < -0.3 is 9.47 Å². The molecule has 0 bridgehead atoms. The highest BCUT2D eigenvalue weighted by molar-refractivity contribution is 8.00. The molecule has 0 unspecified atom stereocenters. The second-order valence-corrected chi connectivity index (χ2v) is 7.29. The second-order valence-electron chi connectivity index (χ2n) is 5.82. The lowest BCUT2D eigenvalue weighted by Gasteiger charge is -2.24. The average Bonchev–Trinajstić information content (AvgIpc) is 2.71. The van der Waals surface area contributed by atoms with E-state index < -0.39 is 17.6 Å². The van der Waals surface area contributed by atoms with Gasteiger partial charge in [-0.1, -0.05) is 17.7 Å². The quantitative estimate of drug-likeness (QED) is 0.260. The molecule has 0 radical (unpaired) electrons. The molecule has 0 saturated heterocycles. The summed E-state index contributed by atoms with van der Waals surface area (Å²) in [6.45, 7) is 0.183. The summed E-state index contributed by atoms with van der Waals surface area (Å²) in [5.74, 6) is -0.963. The zero-order valence-electron chi connectivity index (χ0n) is 15.5. The van der Waals surface area contributed by atoms with E-state index in [4.69, 9.17) is 21.1 Å². The maximum Gasteiger partial charge on any atom is 0.214 e. The van der Waals surface area contributed by atoms with Gasteiger partial charge in [0, 0.05) is 17.7 Å². The van der Waals surface area contributed by atoms with Crippen LogP contribution >= 0.6 is 23.5 Å². The van der Waals surface area contributed by atoms with E-state index in [2.05, 4.69) is 4.98 Å². The summed E-state index contributed by atoms with van der Waals surface area (Å²) < 4.78 is 53.7. The number of pyridine rings is 1. The number of aromatic nitrogens is 1. The van der Waals surface area contributed by atoms with Crippen LogP contribution in [0.25, 0.3) is 0 Å². The Hall–Kier alpha value is -2.58. The molecule has 0 spiro atoms. The molecule has 0 amide bonds. The lowest BCUT2D eigenvalue weighted by Crippen LogP contribution is -2.16. The topological polar surface area (TPSA) is 34.6 Å². The number of anilines is 1. The zero-order chi connectivity index (χ0) is 21.0. The normalized spacial score (nSPS) is 10.7. The number of ether oxygens (including phenoxy) is 2. The lowest BCUT2D eigenvalue weighted by atomic mass is 10.2. The predicted molar refractivity (Wildman–Crippen MR) is 107 cm³/mol. The van der Waals surface area contributed by atoms with Crippen molar-refractivity contribution in [2.45, 2.75) is 11.4 Å². The smallest absolute Gasteiger partial charge is 0.214 e. The average molecular weight is 441 g/mol. The zero-order valence-corrected chi connectivity index (χ0v) is 17.0. The highest BCUT2D eigenvalue weighted by Crippen LogP contribution is 2.35. The molecule has 3 aromatic rings. The molecule has 0 aliphatic rings. The van der Waals surface area contributed by atoms with E-state index in [1.165, 1.54) is 32.4 Å². The molecule has 0 saturated carbocycles. The first-order chi connectivity index (χ1) is 13.9. The predicted octanol–water partition coefficient (Wildman–Crippen LogP) is 5.88. The summed E-state index contributed by atoms with van der Waals surface area (Å²) in [5, 5.41) is -0.219. The van der Waals surface area contributed by atoms with Gasteiger partial charge in [-0.15, -0.1) is 0 Å². The Labute approximate surface area is 175 Å². The molecule has 0 N–H and O–H groups in total. The molecule has 0 fully saturated rings. The summed E-state index contributed by atoms with van der Waals surface area (Å²) in [7, 11) is 3.05. The van der Waals surface area contributed by atoms with E-state index in [1.54, 1.807) is 28.6 Å². The van der Waals surface area contributed by atoms with E-state index in [9.17, 15) is 13.2 Å². The van der Waals surface area contributed by atoms with Gasteiger partial charge in [0.1, 0.15) is 29.0 Å². The fourth-order valence-corrected chi connectivity index (χ4v) is 3.71. The minimum absolute atomic E-state index is 0.0648. The van der Waals surface area contributed by atoms with E-state index in [1.807, 2.05) is 0 Å². The summed E-state index contributed by atoms with van der Waals surface area (Å²) in [5.41, 5.74) is 0.723. The van der Waals surface area contributed by atoms with Gasteiger partial charge in [0.25, 0.3) is 0 Å². The molecule has 29 heavy (non-hydrogen) atoms. The third-order valence-corrected chi connectivity index (χ3v) is 5.28. The van der Waals surface area contributed by atoms with Gasteiger partial charge >= 0.3 is 0 Å². The Morgan fingerprint density at radius 1 is 1.00 bits per heavy atom. The summed E-state index contributed by atoms with van der Waals surface area (Å²) >= 11 is 6.71. The molecular weight excluding hydrogens is 425 g/mol. The molecule has 152 valence electrons. The number of nitrogens with zero attached hydrogens (tertiary/aromatic N) is 2. The number of methoxy groups -OCH3 is 2. The van der Waals surface area contributed by atoms with Crippen LogP contribution in [0.1, 0.15) is 5.56 Å². The van der Waals surface area contributed by atoms with Crippen molar-refractivity contribution >= 4 is 29.4 Å². The molecule has 1 aromatic heterocycles. The van der Waals surface area contributed by atoms with Crippen molar-refractivity contribution in [3.63, 3.8) is 0 Å². The van der Waals surface area contributed by atoms with Crippen molar-refractivity contribution in [1.29, 1.82) is 0 Å². The van der Waals surface area contributed by atoms with Crippen molar-refractivity contribution in [2.75, 3.05) is 18.5 Å². The standard InChI is InChI=1S/C20H16ClF3N2O2S/c1-27-13-7-6-12(17(8-13)28-2)11-26(20-5-3-4-19(24)25-20)29-18-9-14(21)15(22)10-16(18)23/h3-10H,11H2,1-2H3. The minimum atomic E-state index is -0.860. The van der Waals surface area contributed by atoms with Gasteiger partial charge in [0.2, 0.25) is 5.95 Å². The first kappa shape index (κ1) is 21.1. The highest BCUT2D eigenvalue weighted by Gasteiger charge is 2.18. The van der Waals surface area contributed by atoms with Gasteiger partial charge in [0.05, 0.1) is 30.7 Å². The largest absolute Gasteiger partial charge is 0.497 e. The fraction of sp³-hybridized carbons (Fsp3) is 0.150. The third-order valence-electron chi connectivity index (χ3n) is 3.95. The number of hydrogen-bond acceptors (Lipinski definition) is 5. The first-order valence-electron chi connectivity index (χ1n) is 8.34. The summed E-state index contributed by atoms with van der Waals surface area (Å²) in [6.07, 6.45) is 0. The van der Waals surface area contributed by atoms with E-state index in [0.29, 0.717) is 17.6 Å². The molecular formula is C20H16ClF3N2O2S. The van der Waals surface area contributed by atoms with Crippen LogP contribution in [0, 0.1) is 17.6 Å². The Kier molecular flexibility index (Phi) is 6.76. The van der Waals surface area contributed by atoms with Crippen LogP contribution in [0.5, 0.6) is 11.5 Å². The molecule has 4 nitrogen and oxygen atoms in total. The van der Waals surface area contributed by atoms with Crippen molar-refractivity contribution < 1.29 is 22.6 Å². The highest BCUT2D eigenvalue weighted by atomic mass is 35.5. The molecule has 0 atom stereocenters. The van der Waals surface area contributed by atoms with Crippen molar-refractivity contribution in [3.8, 4) is 11.5 Å². The lowest BCUT2D eigenvalue weighted by molar-refractivity contribution is 0.391. The number of halogens is 4. The van der Waals surface area contributed by atoms with Crippen LogP contribution in [0.3, 0.4) is 0 Å². The molecule has 1 heterocycles. The Morgan fingerprint density at radius 2 is 1.79 bits per heavy atom. The van der Waals surface area contributed by atoms with E-state index >= 15 is 0 Å². The van der Waals surface area contributed by atoms with Crippen LogP contribution in [0.4, 0.5) is 19.0 Å². The van der Waals surface area contributed by atoms with Crippen LogP contribution in [-0.4, -0.2) is 19.2 Å². The monoisotopic (exact) mass is 440 g/mol. The Morgan fingerprint density at radius 3 is 2.48 bits per heavy atom. The van der Waals surface area contributed by atoms with Crippen LogP contribution < -0.4 is 13.8 Å². The van der Waals surface area contributed by atoms with Gasteiger partial charge in [-0.2, -0.15) is 4.39 Å². The van der Waals surface area contributed by atoms with E-state index in [0.717, 1.165) is 17.5 Å². The third kappa shape index (κ3) is 5.07. The van der Waals surface area contributed by atoms with Crippen LogP contribution in [-0.2, 0) is 6.54 Å². The van der Waals surface area contributed by atoms with Crippen LogP contribution in [0.2, 0.25) is 5.02 Å². The maximum absolute atomic E-state index is 14.3. The SMILES string of the molecule is COc1ccc(CN(Sc2cc(Cl)c(F)cc2F)c2cccc(F)n2)c(OC)c1. The molecule has 3 rings (SSSR count). The van der Waals surface area contributed by atoms with E-state index in [-0.39, 0.29) is 22.3 Å². The number of hydrogen-bond donors (Lipinski definition) is 0. The van der Waals surface area contributed by atoms with Crippen molar-refractivity contribution in [2.24, 2.45) is 0 Å². The van der Waals surface area contributed by atoms with Gasteiger partial charge in [0.15, 0.2) is 0 Å². The first-order valence-corrected chi connectivity index (χ1v) is 9.50. The Balaban J connectivity index is 2.00. The maximum atomic E-state index is 14.3. The summed E-state index contributed by atoms with van der Waals surface area (Å²) in [6, 6.07) is 11.4. The number of rotatable bonds is 7.